The van der Waals surface area contributed by atoms with Gasteiger partial charge in [0.2, 0.25) is 5.91 Å². The fraction of sp³-hybridized carbons (Fsp3) is 0.273. The summed E-state index contributed by atoms with van der Waals surface area (Å²) in [6.45, 7) is 1.84. The Morgan fingerprint density at radius 2 is 2.18 bits per heavy atom. The lowest BCUT2D eigenvalue weighted by molar-refractivity contribution is -0.140. The van der Waals surface area contributed by atoms with E-state index in [-0.39, 0.29) is 6.42 Å². The molecule has 0 saturated heterocycles. The number of nitrogens with one attached hydrogen (secondary N) is 1. The molecule has 1 aromatic carbocycles. The molecule has 0 spiro atoms. The molecule has 0 aliphatic carbocycles. The Bertz CT molecular complexity index is 448. The van der Waals surface area contributed by atoms with Gasteiger partial charge in [0.25, 0.3) is 0 Å². The van der Waals surface area contributed by atoms with Crippen molar-refractivity contribution in [3.05, 3.63) is 28.2 Å². The molecule has 1 aromatic rings. The maximum Gasteiger partial charge on any atom is 0.321 e. The molecule has 6 heteroatoms. The van der Waals surface area contributed by atoms with Crippen LogP contribution < -0.4 is 11.1 Å². The molecule has 0 aliphatic heterocycles. The molecule has 1 unspecified atom stereocenters. The van der Waals surface area contributed by atoms with E-state index in [1.165, 1.54) is 0 Å². The largest absolute Gasteiger partial charge is 0.480 e. The summed E-state index contributed by atoms with van der Waals surface area (Å²) >= 11 is 3.31. The molecule has 17 heavy (non-hydrogen) atoms. The highest BCUT2D eigenvalue weighted by Crippen LogP contribution is 2.20. The maximum absolute atomic E-state index is 11.5. The van der Waals surface area contributed by atoms with Crippen LogP contribution in [-0.2, 0) is 9.59 Å². The molecule has 1 rings (SSSR count). The third-order valence-corrected chi connectivity index (χ3v) is 2.68. The van der Waals surface area contributed by atoms with Crippen molar-refractivity contribution >= 4 is 33.5 Å². The molecule has 0 heterocycles. The number of carboxylic acids is 1. The Kier molecular flexibility index (Phi) is 4.65. The Morgan fingerprint density at radius 1 is 1.53 bits per heavy atom. The number of rotatable bonds is 4. The van der Waals surface area contributed by atoms with Crippen LogP contribution in [0.1, 0.15) is 12.0 Å². The van der Waals surface area contributed by atoms with Crippen molar-refractivity contribution in [2.75, 3.05) is 5.32 Å². The number of carbonyl (C=O) groups is 2. The van der Waals surface area contributed by atoms with Gasteiger partial charge in [0.15, 0.2) is 0 Å². The molecule has 0 aromatic heterocycles. The quantitative estimate of drug-likeness (QED) is 0.785. The van der Waals surface area contributed by atoms with Gasteiger partial charge in [-0.25, -0.2) is 0 Å². The Morgan fingerprint density at radius 3 is 2.71 bits per heavy atom. The summed E-state index contributed by atoms with van der Waals surface area (Å²) in [6, 6.07) is 4.21. The van der Waals surface area contributed by atoms with Gasteiger partial charge in [0, 0.05) is 10.2 Å². The summed E-state index contributed by atoms with van der Waals surface area (Å²) in [5, 5.41) is 11.2. The molecule has 92 valence electrons. The third kappa shape index (κ3) is 4.16. The Labute approximate surface area is 107 Å². The van der Waals surface area contributed by atoms with E-state index in [4.69, 9.17) is 10.8 Å². The summed E-state index contributed by atoms with van der Waals surface area (Å²) in [4.78, 5) is 22.0. The second-order valence-corrected chi connectivity index (χ2v) is 4.57. The topological polar surface area (TPSA) is 92.4 Å². The van der Waals surface area contributed by atoms with Gasteiger partial charge in [0.1, 0.15) is 6.04 Å². The third-order valence-electron chi connectivity index (χ3n) is 2.19. The second-order valence-electron chi connectivity index (χ2n) is 3.66. The average molecular weight is 301 g/mol. The van der Waals surface area contributed by atoms with Crippen LogP contribution in [0.5, 0.6) is 0 Å². The molecule has 0 radical (unpaired) electrons. The molecule has 4 N–H and O–H groups in total. The zero-order valence-corrected chi connectivity index (χ0v) is 10.8. The van der Waals surface area contributed by atoms with Crippen LogP contribution in [-0.4, -0.2) is 23.0 Å². The number of anilines is 1. The Hall–Kier alpha value is -1.40. The number of amides is 1. The summed E-state index contributed by atoms with van der Waals surface area (Å²) < 4.78 is 0.912. The molecule has 1 amide bonds. The lowest BCUT2D eigenvalue weighted by Gasteiger charge is -2.10. The fourth-order valence-corrected chi connectivity index (χ4v) is 1.73. The molecule has 0 aliphatic rings. The van der Waals surface area contributed by atoms with Crippen molar-refractivity contribution in [3.8, 4) is 0 Å². The number of hydrogen-bond donors (Lipinski definition) is 3. The van der Waals surface area contributed by atoms with Gasteiger partial charge < -0.3 is 16.2 Å². The summed E-state index contributed by atoms with van der Waals surface area (Å²) in [7, 11) is 0. The zero-order valence-electron chi connectivity index (χ0n) is 9.24. The summed E-state index contributed by atoms with van der Waals surface area (Å²) in [6.07, 6.45) is -0.245. The fourth-order valence-electron chi connectivity index (χ4n) is 1.26. The first-order valence-corrected chi connectivity index (χ1v) is 5.74. The van der Waals surface area contributed by atoms with E-state index < -0.39 is 17.9 Å². The summed E-state index contributed by atoms with van der Waals surface area (Å²) in [5.41, 5.74) is 6.80. The molecule has 1 atom stereocenters. The minimum Gasteiger partial charge on any atom is -0.480 e. The first kappa shape index (κ1) is 13.7. The van der Waals surface area contributed by atoms with E-state index in [1.807, 2.05) is 13.0 Å². The van der Waals surface area contributed by atoms with Crippen LogP contribution in [0.3, 0.4) is 0 Å². The van der Waals surface area contributed by atoms with Gasteiger partial charge in [-0.3, -0.25) is 9.59 Å². The van der Waals surface area contributed by atoms with Crippen molar-refractivity contribution in [1.29, 1.82) is 0 Å². The minimum absolute atomic E-state index is 0.245. The van der Waals surface area contributed by atoms with Gasteiger partial charge in [-0.2, -0.15) is 0 Å². The lowest BCUT2D eigenvalue weighted by atomic mass is 10.1. The van der Waals surface area contributed by atoms with Crippen molar-refractivity contribution in [1.82, 2.24) is 0 Å². The monoisotopic (exact) mass is 300 g/mol. The number of carbonyl (C=O) groups excluding carboxylic acids is 1. The molecular formula is C11H13BrN2O3. The highest BCUT2D eigenvalue weighted by molar-refractivity contribution is 9.10. The second kappa shape index (κ2) is 5.79. The Balaban J connectivity index is 2.65. The van der Waals surface area contributed by atoms with Crippen LogP contribution >= 0.6 is 15.9 Å². The first-order valence-electron chi connectivity index (χ1n) is 4.94. The number of benzene rings is 1. The van der Waals surface area contributed by atoms with E-state index in [0.717, 1.165) is 10.0 Å². The van der Waals surface area contributed by atoms with Crippen LogP contribution in [0.25, 0.3) is 0 Å². The maximum atomic E-state index is 11.5. The van der Waals surface area contributed by atoms with Crippen molar-refractivity contribution in [2.24, 2.45) is 5.73 Å². The van der Waals surface area contributed by atoms with E-state index in [0.29, 0.717) is 5.69 Å². The van der Waals surface area contributed by atoms with E-state index in [9.17, 15) is 9.59 Å². The van der Waals surface area contributed by atoms with Gasteiger partial charge >= 0.3 is 5.97 Å². The molecular weight excluding hydrogens is 288 g/mol. The van der Waals surface area contributed by atoms with Crippen LogP contribution in [0, 0.1) is 6.92 Å². The van der Waals surface area contributed by atoms with Gasteiger partial charge in [-0.1, -0.05) is 15.9 Å². The van der Waals surface area contributed by atoms with E-state index in [2.05, 4.69) is 21.2 Å². The number of aliphatic carboxylic acids is 1. The highest BCUT2D eigenvalue weighted by atomic mass is 79.9. The lowest BCUT2D eigenvalue weighted by Crippen LogP contribution is -2.34. The summed E-state index contributed by atoms with van der Waals surface area (Å²) in [5.74, 6) is -1.60. The number of nitrogens with two attached hydrogens (primary N) is 1. The SMILES string of the molecule is Cc1cc(Br)ccc1NC(=O)CC(N)C(=O)O. The van der Waals surface area contributed by atoms with Crippen molar-refractivity contribution < 1.29 is 14.7 Å². The van der Waals surface area contributed by atoms with Crippen LogP contribution in [0.4, 0.5) is 5.69 Å². The molecule has 0 bridgehead atoms. The molecule has 0 fully saturated rings. The van der Waals surface area contributed by atoms with E-state index in [1.54, 1.807) is 12.1 Å². The number of hydrogen-bond acceptors (Lipinski definition) is 3. The van der Waals surface area contributed by atoms with Crippen molar-refractivity contribution in [3.63, 3.8) is 0 Å². The standard InChI is InChI=1S/C11H13BrN2O3/c1-6-4-7(12)2-3-9(6)14-10(15)5-8(13)11(16)17/h2-4,8H,5,13H2,1H3,(H,14,15)(H,16,17). The smallest absolute Gasteiger partial charge is 0.321 e. The van der Waals surface area contributed by atoms with E-state index >= 15 is 0 Å². The van der Waals surface area contributed by atoms with Crippen molar-refractivity contribution in [2.45, 2.75) is 19.4 Å². The first-order chi connectivity index (χ1) is 7.90. The van der Waals surface area contributed by atoms with Crippen LogP contribution in [0.2, 0.25) is 0 Å². The van der Waals surface area contributed by atoms with Gasteiger partial charge in [0.05, 0.1) is 6.42 Å². The highest BCUT2D eigenvalue weighted by Gasteiger charge is 2.16. The normalized spacial score (nSPS) is 11.9. The molecule has 0 saturated carbocycles. The van der Waals surface area contributed by atoms with Gasteiger partial charge in [-0.15, -0.1) is 0 Å². The zero-order chi connectivity index (χ0) is 13.0. The number of carboxylic acid groups (broad SMARTS) is 1. The number of aryl methyl sites for hydroxylation is 1. The van der Waals surface area contributed by atoms with Gasteiger partial charge in [-0.05, 0) is 30.7 Å². The minimum atomic E-state index is -1.19. The number of halogens is 1. The van der Waals surface area contributed by atoms with Crippen LogP contribution in [0.15, 0.2) is 22.7 Å². The predicted octanol–water partition coefficient (Wildman–Crippen LogP) is 1.50. The average Bonchev–Trinajstić information content (AvgIpc) is 2.22. The molecule has 5 nitrogen and oxygen atoms in total. The predicted molar refractivity (Wildman–Crippen MR) is 67.7 cm³/mol.